The van der Waals surface area contributed by atoms with Gasteiger partial charge >= 0.3 is 5.69 Å². The molecule has 7 nitrogen and oxygen atoms in total. The van der Waals surface area contributed by atoms with E-state index in [4.69, 9.17) is 4.42 Å². The Morgan fingerprint density at radius 1 is 1.29 bits per heavy atom. The van der Waals surface area contributed by atoms with E-state index in [1.807, 2.05) is 6.20 Å². The van der Waals surface area contributed by atoms with Crippen LogP contribution in [0.1, 0.15) is 61.5 Å². The van der Waals surface area contributed by atoms with Gasteiger partial charge in [0.25, 0.3) is 0 Å². The normalized spacial score (nSPS) is 27.9. The van der Waals surface area contributed by atoms with Crippen LogP contribution in [0.3, 0.4) is 0 Å². The Kier molecular flexibility index (Phi) is 3.20. The van der Waals surface area contributed by atoms with E-state index in [9.17, 15) is 4.79 Å². The zero-order valence-corrected chi connectivity index (χ0v) is 13.9. The first-order chi connectivity index (χ1) is 11.7. The van der Waals surface area contributed by atoms with Crippen molar-refractivity contribution < 1.29 is 4.42 Å². The second-order valence-corrected chi connectivity index (χ2v) is 7.59. The summed E-state index contributed by atoms with van der Waals surface area (Å²) in [6, 6.07) is 0.191. The third-order valence-corrected chi connectivity index (χ3v) is 5.81. The summed E-state index contributed by atoms with van der Waals surface area (Å²) in [6.45, 7) is 1.76. The lowest BCUT2D eigenvalue weighted by Crippen LogP contribution is -2.29. The zero-order chi connectivity index (χ0) is 16.3. The van der Waals surface area contributed by atoms with Crippen LogP contribution in [0.4, 0.5) is 0 Å². The van der Waals surface area contributed by atoms with Crippen LogP contribution >= 0.6 is 0 Å². The van der Waals surface area contributed by atoms with Crippen molar-refractivity contribution in [1.29, 1.82) is 0 Å². The average molecular weight is 329 g/mol. The highest BCUT2D eigenvalue weighted by molar-refractivity contribution is 5.09. The van der Waals surface area contributed by atoms with Gasteiger partial charge in [0.05, 0.1) is 18.8 Å². The molecule has 0 bridgehead atoms. The number of rotatable bonds is 5. The summed E-state index contributed by atoms with van der Waals surface area (Å²) in [4.78, 5) is 18.7. The molecule has 0 spiro atoms. The first-order valence-corrected chi connectivity index (χ1v) is 9.00. The molecule has 0 radical (unpaired) electrons. The van der Waals surface area contributed by atoms with E-state index in [1.54, 1.807) is 11.6 Å². The van der Waals surface area contributed by atoms with Crippen LogP contribution in [0.15, 0.2) is 15.4 Å². The summed E-state index contributed by atoms with van der Waals surface area (Å²) in [7, 11) is 1.81. The van der Waals surface area contributed by atoms with E-state index < -0.39 is 0 Å². The lowest BCUT2D eigenvalue weighted by molar-refractivity contribution is 0.183. The van der Waals surface area contributed by atoms with Crippen molar-refractivity contribution in [2.75, 3.05) is 6.54 Å². The molecule has 2 unspecified atom stereocenters. The maximum absolute atomic E-state index is 11.8. The summed E-state index contributed by atoms with van der Waals surface area (Å²) in [6.07, 6.45) is 8.05. The van der Waals surface area contributed by atoms with E-state index in [1.165, 1.54) is 32.1 Å². The molecule has 1 saturated heterocycles. The molecule has 0 amide bonds. The number of H-pyrrole nitrogens is 1. The molecule has 2 saturated carbocycles. The molecule has 2 aromatic heterocycles. The van der Waals surface area contributed by atoms with Crippen LogP contribution in [0.2, 0.25) is 0 Å². The van der Waals surface area contributed by atoms with E-state index in [0.29, 0.717) is 11.8 Å². The maximum atomic E-state index is 11.8. The zero-order valence-electron chi connectivity index (χ0n) is 13.9. The van der Waals surface area contributed by atoms with Gasteiger partial charge in [-0.25, -0.2) is 14.9 Å². The molecule has 1 aliphatic heterocycles. The quantitative estimate of drug-likeness (QED) is 0.907. The number of aromatic amines is 1. The molecular weight excluding hydrogens is 306 g/mol. The fraction of sp³-hybridized carbons (Fsp3) is 0.706. The van der Waals surface area contributed by atoms with Gasteiger partial charge in [0.2, 0.25) is 0 Å². The highest BCUT2D eigenvalue weighted by atomic mass is 16.4. The van der Waals surface area contributed by atoms with Gasteiger partial charge in [-0.15, -0.1) is 0 Å². The lowest BCUT2D eigenvalue weighted by Gasteiger charge is -2.26. The smallest absolute Gasteiger partial charge is 0.343 e. The van der Waals surface area contributed by atoms with Crippen LogP contribution in [0.25, 0.3) is 0 Å². The number of hydrogen-bond donors (Lipinski definition) is 1. The van der Waals surface area contributed by atoms with Gasteiger partial charge in [-0.1, -0.05) is 0 Å². The highest BCUT2D eigenvalue weighted by Crippen LogP contribution is 2.50. The molecule has 2 atom stereocenters. The predicted octanol–water partition coefficient (Wildman–Crippen LogP) is 1.95. The van der Waals surface area contributed by atoms with Gasteiger partial charge in [0.15, 0.2) is 11.7 Å². The first kappa shape index (κ1) is 14.5. The summed E-state index contributed by atoms with van der Waals surface area (Å²) in [5.41, 5.74) is -0.137. The monoisotopic (exact) mass is 329 g/mol. The van der Waals surface area contributed by atoms with Crippen LogP contribution in [0.5, 0.6) is 0 Å². The van der Waals surface area contributed by atoms with Crippen molar-refractivity contribution in [3.8, 4) is 0 Å². The van der Waals surface area contributed by atoms with Crippen LogP contribution < -0.4 is 5.69 Å². The Morgan fingerprint density at radius 3 is 2.79 bits per heavy atom. The number of oxazole rings is 1. The average Bonchev–Trinajstić information content (AvgIpc) is 3.50. The molecule has 24 heavy (non-hydrogen) atoms. The maximum Gasteiger partial charge on any atom is 0.343 e. The van der Waals surface area contributed by atoms with Gasteiger partial charge in [-0.3, -0.25) is 9.47 Å². The largest absolute Gasteiger partial charge is 0.444 e. The second kappa shape index (κ2) is 5.31. The predicted molar refractivity (Wildman–Crippen MR) is 86.3 cm³/mol. The molecule has 0 aromatic carbocycles. The van der Waals surface area contributed by atoms with Crippen molar-refractivity contribution in [2.45, 2.75) is 50.6 Å². The number of likely N-dealkylation sites (tertiary alicyclic amines) is 1. The number of nitrogens with one attached hydrogen (secondary N) is 1. The summed E-state index contributed by atoms with van der Waals surface area (Å²) in [5.74, 6) is 4.59. The first-order valence-electron chi connectivity index (χ1n) is 9.00. The number of hydrogen-bond acceptors (Lipinski definition) is 5. The van der Waals surface area contributed by atoms with Gasteiger partial charge in [-0.05, 0) is 50.5 Å². The molecular formula is C17H23N5O2. The van der Waals surface area contributed by atoms with Crippen LogP contribution in [-0.4, -0.2) is 31.2 Å². The summed E-state index contributed by atoms with van der Waals surface area (Å²) < 4.78 is 7.61. The molecule has 5 rings (SSSR count). The minimum absolute atomic E-state index is 0.137. The Hall–Kier alpha value is -1.89. The SMILES string of the molecule is Cn1c(C2C(C3CC3)CCN2Cc2cnc(C3CC3)o2)n[nH]c1=O. The third-order valence-electron chi connectivity index (χ3n) is 5.81. The number of nitrogens with zero attached hydrogens (tertiary/aromatic N) is 4. The van der Waals surface area contributed by atoms with Crippen molar-refractivity contribution in [2.24, 2.45) is 18.9 Å². The van der Waals surface area contributed by atoms with Gasteiger partial charge in [0.1, 0.15) is 5.76 Å². The molecule has 3 heterocycles. The van der Waals surface area contributed by atoms with E-state index in [0.717, 1.165) is 36.5 Å². The van der Waals surface area contributed by atoms with E-state index >= 15 is 0 Å². The summed E-state index contributed by atoms with van der Waals surface area (Å²) in [5, 5.41) is 6.93. The van der Waals surface area contributed by atoms with Crippen molar-refractivity contribution in [3.63, 3.8) is 0 Å². The Balaban J connectivity index is 1.42. The van der Waals surface area contributed by atoms with Crippen molar-refractivity contribution >= 4 is 0 Å². The van der Waals surface area contributed by atoms with Crippen LogP contribution in [-0.2, 0) is 13.6 Å². The Labute approximate surface area is 140 Å². The molecule has 2 aromatic rings. The minimum Gasteiger partial charge on any atom is -0.444 e. The third kappa shape index (κ3) is 2.42. The minimum atomic E-state index is -0.137. The Morgan fingerprint density at radius 2 is 2.12 bits per heavy atom. The summed E-state index contributed by atoms with van der Waals surface area (Å²) >= 11 is 0. The van der Waals surface area contributed by atoms with E-state index in [-0.39, 0.29) is 11.7 Å². The standard InChI is InChI=1S/C17H23N5O2/c1-21-15(19-20-17(21)23)14-13(10-2-3-10)6-7-22(14)9-12-8-18-16(24-12)11-4-5-11/h8,10-11,13-14H,2-7,9H2,1H3,(H,20,23). The van der Waals surface area contributed by atoms with Crippen molar-refractivity contribution in [3.05, 3.63) is 34.2 Å². The molecule has 3 fully saturated rings. The fourth-order valence-electron chi connectivity index (χ4n) is 4.17. The fourth-order valence-corrected chi connectivity index (χ4v) is 4.17. The second-order valence-electron chi connectivity index (χ2n) is 7.59. The van der Waals surface area contributed by atoms with Gasteiger partial charge in [0, 0.05) is 13.0 Å². The number of aromatic nitrogens is 4. The van der Waals surface area contributed by atoms with Crippen LogP contribution in [0, 0.1) is 11.8 Å². The Bertz CT molecular complexity index is 798. The van der Waals surface area contributed by atoms with Gasteiger partial charge < -0.3 is 4.42 Å². The topological polar surface area (TPSA) is 80.0 Å². The molecule has 2 aliphatic carbocycles. The molecule has 3 aliphatic rings. The molecule has 128 valence electrons. The van der Waals surface area contributed by atoms with Crippen molar-refractivity contribution in [1.82, 2.24) is 24.6 Å². The molecule has 1 N–H and O–H groups in total. The highest BCUT2D eigenvalue weighted by Gasteiger charge is 2.46. The lowest BCUT2D eigenvalue weighted by atomic mass is 9.94. The van der Waals surface area contributed by atoms with Gasteiger partial charge in [-0.2, -0.15) is 5.10 Å². The van der Waals surface area contributed by atoms with E-state index in [2.05, 4.69) is 20.1 Å². The molecule has 7 heteroatoms.